The fourth-order valence-electron chi connectivity index (χ4n) is 4.47. The molecule has 0 spiro atoms. The van der Waals surface area contributed by atoms with Crippen LogP contribution in [0.4, 0.5) is 0 Å². The quantitative estimate of drug-likeness (QED) is 0.834. The van der Waals surface area contributed by atoms with E-state index in [1.165, 1.54) is 0 Å². The number of hydrogen-bond donors (Lipinski definition) is 1. The van der Waals surface area contributed by atoms with Crippen molar-refractivity contribution in [3.8, 4) is 5.75 Å². The molecule has 4 rings (SSSR count). The van der Waals surface area contributed by atoms with E-state index < -0.39 is 6.04 Å². The van der Waals surface area contributed by atoms with E-state index in [0.29, 0.717) is 12.1 Å². The van der Waals surface area contributed by atoms with Crippen molar-refractivity contribution in [1.82, 2.24) is 10.2 Å². The second kappa shape index (κ2) is 8.27. The third-order valence-corrected chi connectivity index (χ3v) is 6.16. The van der Waals surface area contributed by atoms with Crippen LogP contribution in [0.15, 0.2) is 48.5 Å². The summed E-state index contributed by atoms with van der Waals surface area (Å²) in [5.74, 6) is 1.29. The molecule has 1 saturated carbocycles. The zero-order chi connectivity index (χ0) is 20.4. The first kappa shape index (κ1) is 19.5. The Kier molecular flexibility index (Phi) is 5.56. The molecule has 152 valence electrons. The summed E-state index contributed by atoms with van der Waals surface area (Å²) in [4.78, 5) is 28.1. The number of nitrogens with zero attached hydrogens (tertiary/aromatic N) is 1. The Hall–Kier alpha value is -2.82. The summed E-state index contributed by atoms with van der Waals surface area (Å²) < 4.78 is 5.31. The van der Waals surface area contributed by atoms with Gasteiger partial charge >= 0.3 is 0 Å². The molecular formula is C24H28N2O3. The van der Waals surface area contributed by atoms with E-state index in [2.05, 4.69) is 12.2 Å². The Morgan fingerprint density at radius 3 is 2.62 bits per heavy atom. The Morgan fingerprint density at radius 1 is 1.10 bits per heavy atom. The zero-order valence-corrected chi connectivity index (χ0v) is 17.1. The molecule has 2 aromatic rings. The van der Waals surface area contributed by atoms with Crippen LogP contribution in [0, 0.1) is 5.92 Å². The van der Waals surface area contributed by atoms with Crippen LogP contribution in [0.5, 0.6) is 5.75 Å². The predicted octanol–water partition coefficient (Wildman–Crippen LogP) is 4.09. The molecule has 1 N–H and O–H groups in total. The van der Waals surface area contributed by atoms with Gasteiger partial charge in [0.05, 0.1) is 7.11 Å². The van der Waals surface area contributed by atoms with Crippen molar-refractivity contribution in [2.24, 2.45) is 5.92 Å². The topological polar surface area (TPSA) is 58.6 Å². The van der Waals surface area contributed by atoms with Gasteiger partial charge in [0.2, 0.25) is 5.91 Å². The summed E-state index contributed by atoms with van der Waals surface area (Å²) >= 11 is 0. The Labute approximate surface area is 172 Å². The largest absolute Gasteiger partial charge is 0.497 e. The number of rotatable bonds is 5. The summed E-state index contributed by atoms with van der Waals surface area (Å²) in [6.07, 6.45) is 4.29. The van der Waals surface area contributed by atoms with Crippen molar-refractivity contribution in [1.29, 1.82) is 0 Å². The average Bonchev–Trinajstić information content (AvgIpc) is 3.02. The highest BCUT2D eigenvalue weighted by molar-refractivity contribution is 6.04. The molecule has 29 heavy (non-hydrogen) atoms. The lowest BCUT2D eigenvalue weighted by Gasteiger charge is -2.30. The van der Waals surface area contributed by atoms with Crippen molar-refractivity contribution in [3.63, 3.8) is 0 Å². The maximum atomic E-state index is 13.3. The molecular weight excluding hydrogens is 364 g/mol. The van der Waals surface area contributed by atoms with Gasteiger partial charge in [0.1, 0.15) is 11.8 Å². The van der Waals surface area contributed by atoms with Gasteiger partial charge < -0.3 is 15.0 Å². The summed E-state index contributed by atoms with van der Waals surface area (Å²) in [5, 5.41) is 3.22. The number of hydrogen-bond acceptors (Lipinski definition) is 3. The van der Waals surface area contributed by atoms with E-state index in [9.17, 15) is 9.59 Å². The van der Waals surface area contributed by atoms with Crippen LogP contribution in [0.3, 0.4) is 0 Å². The maximum absolute atomic E-state index is 13.3. The summed E-state index contributed by atoms with van der Waals surface area (Å²) in [7, 11) is 1.62. The molecule has 1 fully saturated rings. The van der Waals surface area contributed by atoms with E-state index in [4.69, 9.17) is 4.74 Å². The number of amides is 2. The first-order valence-corrected chi connectivity index (χ1v) is 10.4. The molecule has 0 aromatic heterocycles. The number of methoxy groups -OCH3 is 1. The molecule has 0 unspecified atom stereocenters. The second-order valence-electron chi connectivity index (χ2n) is 8.24. The molecule has 0 bridgehead atoms. The van der Waals surface area contributed by atoms with Crippen LogP contribution in [0.2, 0.25) is 0 Å². The number of ether oxygens (including phenoxy) is 1. The lowest BCUT2D eigenvalue weighted by atomic mass is 9.87. The van der Waals surface area contributed by atoms with Gasteiger partial charge in [-0.25, -0.2) is 0 Å². The van der Waals surface area contributed by atoms with Gasteiger partial charge in [0.25, 0.3) is 5.91 Å². The van der Waals surface area contributed by atoms with E-state index in [-0.39, 0.29) is 17.9 Å². The van der Waals surface area contributed by atoms with Crippen LogP contribution in [0.25, 0.3) is 0 Å². The van der Waals surface area contributed by atoms with Crippen molar-refractivity contribution < 1.29 is 14.3 Å². The molecule has 1 aliphatic heterocycles. The number of fused-ring (bicyclic) bond motifs is 1. The van der Waals surface area contributed by atoms with Gasteiger partial charge in [-0.05, 0) is 60.9 Å². The van der Waals surface area contributed by atoms with Gasteiger partial charge in [-0.15, -0.1) is 0 Å². The van der Waals surface area contributed by atoms with Gasteiger partial charge in [-0.1, -0.05) is 37.3 Å². The molecule has 2 aromatic carbocycles. The Balaban J connectivity index is 1.58. The number of carbonyl (C=O) groups is 2. The van der Waals surface area contributed by atoms with Gasteiger partial charge in [-0.3, -0.25) is 9.59 Å². The van der Waals surface area contributed by atoms with E-state index in [1.807, 2.05) is 48.5 Å². The standard InChI is InChI=1S/C24H28N2O3/c1-16-10-12-18(13-11-16)25-23(27)22-20-8-3-4-9-21(20)24(28)26(22)15-17-6-5-7-19(14-17)29-2/h3-9,14,16,18,22H,10-13,15H2,1-2H3,(H,25,27)/t16?,18?,22-/m0/s1. The molecule has 2 amide bonds. The van der Waals surface area contributed by atoms with Crippen LogP contribution >= 0.6 is 0 Å². The number of benzene rings is 2. The Morgan fingerprint density at radius 2 is 1.86 bits per heavy atom. The highest BCUT2D eigenvalue weighted by Crippen LogP contribution is 2.36. The number of nitrogens with one attached hydrogen (secondary N) is 1. The van der Waals surface area contributed by atoms with Crippen LogP contribution in [0.1, 0.15) is 60.1 Å². The van der Waals surface area contributed by atoms with Gasteiger partial charge in [0.15, 0.2) is 0 Å². The Bertz CT molecular complexity index is 903. The number of carbonyl (C=O) groups excluding carboxylic acids is 2. The normalized spacial score (nSPS) is 23.6. The molecule has 1 atom stereocenters. The van der Waals surface area contributed by atoms with Crippen molar-refractivity contribution in [2.45, 2.75) is 51.2 Å². The van der Waals surface area contributed by atoms with Crippen LogP contribution < -0.4 is 10.1 Å². The summed E-state index contributed by atoms with van der Waals surface area (Å²) in [5.41, 5.74) is 2.35. The smallest absolute Gasteiger partial charge is 0.255 e. The molecule has 1 aliphatic carbocycles. The zero-order valence-electron chi connectivity index (χ0n) is 17.1. The van der Waals surface area contributed by atoms with E-state index >= 15 is 0 Å². The van der Waals surface area contributed by atoms with Gasteiger partial charge in [0, 0.05) is 18.2 Å². The average molecular weight is 392 g/mol. The molecule has 2 aliphatic rings. The van der Waals surface area contributed by atoms with Crippen molar-refractivity contribution >= 4 is 11.8 Å². The van der Waals surface area contributed by atoms with Crippen LogP contribution in [-0.2, 0) is 11.3 Å². The minimum atomic E-state index is -0.593. The highest BCUT2D eigenvalue weighted by atomic mass is 16.5. The lowest BCUT2D eigenvalue weighted by Crippen LogP contribution is -2.44. The summed E-state index contributed by atoms with van der Waals surface area (Å²) in [6.45, 7) is 2.63. The minimum Gasteiger partial charge on any atom is -0.497 e. The van der Waals surface area contributed by atoms with E-state index in [0.717, 1.165) is 48.5 Å². The monoisotopic (exact) mass is 392 g/mol. The van der Waals surface area contributed by atoms with Crippen molar-refractivity contribution in [2.75, 3.05) is 7.11 Å². The van der Waals surface area contributed by atoms with E-state index in [1.54, 1.807) is 12.0 Å². The summed E-state index contributed by atoms with van der Waals surface area (Å²) in [6, 6.07) is 14.7. The molecule has 0 radical (unpaired) electrons. The first-order valence-electron chi connectivity index (χ1n) is 10.4. The van der Waals surface area contributed by atoms with Crippen LogP contribution in [-0.4, -0.2) is 29.9 Å². The third-order valence-electron chi connectivity index (χ3n) is 6.16. The first-order chi connectivity index (χ1) is 14.1. The highest BCUT2D eigenvalue weighted by Gasteiger charge is 2.41. The molecule has 1 heterocycles. The fourth-order valence-corrected chi connectivity index (χ4v) is 4.47. The lowest BCUT2D eigenvalue weighted by molar-refractivity contribution is -0.126. The van der Waals surface area contributed by atoms with Crippen molar-refractivity contribution in [3.05, 3.63) is 65.2 Å². The molecule has 5 nitrogen and oxygen atoms in total. The third kappa shape index (κ3) is 4.00. The molecule has 5 heteroatoms. The van der Waals surface area contributed by atoms with Gasteiger partial charge in [-0.2, -0.15) is 0 Å². The second-order valence-corrected chi connectivity index (χ2v) is 8.24. The SMILES string of the molecule is COc1cccc(CN2C(=O)c3ccccc3[C@H]2C(=O)NC2CCC(C)CC2)c1. The maximum Gasteiger partial charge on any atom is 0.255 e. The predicted molar refractivity (Wildman–Crippen MR) is 112 cm³/mol. The fraction of sp³-hybridized carbons (Fsp3) is 0.417. The minimum absolute atomic E-state index is 0.0780. The molecule has 0 saturated heterocycles.